The van der Waals surface area contributed by atoms with Crippen molar-refractivity contribution in [3.05, 3.63) is 16.1 Å². The minimum absolute atomic E-state index is 0. The topological polar surface area (TPSA) is 63.2 Å². The highest BCUT2D eigenvalue weighted by molar-refractivity contribution is 7.09. The molecule has 5 nitrogen and oxygen atoms in total. The minimum Gasteiger partial charge on any atom is -0.384 e. The first-order valence-electron chi connectivity index (χ1n) is 8.05. The Morgan fingerprint density at radius 3 is 2.67 bits per heavy atom. The Balaban J connectivity index is 0.00000264. The summed E-state index contributed by atoms with van der Waals surface area (Å²) in [6.07, 6.45) is 4.76. The van der Waals surface area contributed by atoms with Crippen molar-refractivity contribution in [1.29, 1.82) is 0 Å². The standard InChI is InChI=1S/C16H27N3O2S.2ClH/c1-13-11-22-14(19-13)5-3-4-8-18-15(20)16(12-21-2)6-9-17-10-7-16;;/h11,17H,3-10,12H2,1-2H3,(H,18,20);2*1H. The average Bonchev–Trinajstić information content (AvgIpc) is 2.93. The number of hydrogen-bond acceptors (Lipinski definition) is 5. The molecule has 1 aromatic rings. The molecule has 24 heavy (non-hydrogen) atoms. The number of carbonyl (C=O) groups is 1. The molecule has 1 aliphatic rings. The highest BCUT2D eigenvalue weighted by Gasteiger charge is 2.39. The Morgan fingerprint density at radius 1 is 1.38 bits per heavy atom. The number of carbonyl (C=O) groups excluding carboxylic acids is 1. The van der Waals surface area contributed by atoms with Gasteiger partial charge in [0.2, 0.25) is 5.91 Å². The number of piperidine rings is 1. The third-order valence-electron chi connectivity index (χ3n) is 4.23. The molecule has 0 bridgehead atoms. The Bertz CT molecular complexity index is 474. The molecule has 0 saturated carbocycles. The van der Waals surface area contributed by atoms with E-state index < -0.39 is 0 Å². The highest BCUT2D eigenvalue weighted by Crippen LogP contribution is 2.29. The molecular formula is C16H29Cl2N3O2S. The number of thiazole rings is 1. The zero-order valence-electron chi connectivity index (χ0n) is 14.4. The first kappa shape index (κ1) is 23.6. The van der Waals surface area contributed by atoms with Gasteiger partial charge < -0.3 is 15.4 Å². The fraction of sp³-hybridized carbons (Fsp3) is 0.750. The number of unbranched alkanes of at least 4 members (excludes halogenated alkanes) is 1. The molecule has 0 aliphatic carbocycles. The van der Waals surface area contributed by atoms with Crippen LogP contribution >= 0.6 is 36.2 Å². The lowest BCUT2D eigenvalue weighted by Crippen LogP contribution is -2.50. The zero-order valence-corrected chi connectivity index (χ0v) is 16.9. The molecule has 2 heterocycles. The van der Waals surface area contributed by atoms with Crippen LogP contribution in [0.2, 0.25) is 0 Å². The fourth-order valence-electron chi connectivity index (χ4n) is 2.93. The van der Waals surface area contributed by atoms with Gasteiger partial charge in [-0.3, -0.25) is 4.79 Å². The Morgan fingerprint density at radius 2 is 2.08 bits per heavy atom. The SMILES string of the molecule is COCC1(C(=O)NCCCCc2nc(C)cs2)CCNCC1.Cl.Cl. The van der Waals surface area contributed by atoms with E-state index in [0.29, 0.717) is 6.61 Å². The van der Waals surface area contributed by atoms with E-state index >= 15 is 0 Å². The third-order valence-corrected chi connectivity index (χ3v) is 5.26. The van der Waals surface area contributed by atoms with Gasteiger partial charge in [0.25, 0.3) is 0 Å². The molecule has 0 radical (unpaired) electrons. The molecule has 1 aliphatic heterocycles. The van der Waals surface area contributed by atoms with Crippen LogP contribution in [0.5, 0.6) is 0 Å². The van der Waals surface area contributed by atoms with Crippen molar-refractivity contribution < 1.29 is 9.53 Å². The second-order valence-electron chi connectivity index (χ2n) is 6.06. The predicted molar refractivity (Wildman–Crippen MR) is 104 cm³/mol. The number of rotatable bonds is 8. The highest BCUT2D eigenvalue weighted by atomic mass is 35.5. The van der Waals surface area contributed by atoms with Gasteiger partial charge in [-0.05, 0) is 52.1 Å². The van der Waals surface area contributed by atoms with Crippen molar-refractivity contribution in [3.63, 3.8) is 0 Å². The lowest BCUT2D eigenvalue weighted by atomic mass is 9.78. The minimum atomic E-state index is -0.341. The maximum Gasteiger partial charge on any atom is 0.228 e. The van der Waals surface area contributed by atoms with E-state index in [0.717, 1.165) is 57.4 Å². The van der Waals surface area contributed by atoms with E-state index in [9.17, 15) is 4.79 Å². The van der Waals surface area contributed by atoms with Gasteiger partial charge in [0.1, 0.15) is 0 Å². The second-order valence-corrected chi connectivity index (χ2v) is 7.00. The number of amides is 1. The van der Waals surface area contributed by atoms with E-state index in [-0.39, 0.29) is 36.1 Å². The molecule has 0 atom stereocenters. The molecule has 1 amide bonds. The summed E-state index contributed by atoms with van der Waals surface area (Å²) in [6, 6.07) is 0. The van der Waals surface area contributed by atoms with Crippen molar-refractivity contribution in [1.82, 2.24) is 15.6 Å². The van der Waals surface area contributed by atoms with Gasteiger partial charge in [-0.25, -0.2) is 4.98 Å². The molecule has 0 aromatic carbocycles. The molecule has 2 rings (SSSR count). The van der Waals surface area contributed by atoms with Crippen molar-refractivity contribution in [3.8, 4) is 0 Å². The summed E-state index contributed by atoms with van der Waals surface area (Å²) in [5.41, 5.74) is 0.757. The fourth-order valence-corrected chi connectivity index (χ4v) is 3.74. The lowest BCUT2D eigenvalue weighted by Gasteiger charge is -2.35. The van der Waals surface area contributed by atoms with Crippen LogP contribution in [-0.2, 0) is 16.0 Å². The number of methoxy groups -OCH3 is 1. The van der Waals surface area contributed by atoms with Gasteiger partial charge in [-0.15, -0.1) is 36.2 Å². The lowest BCUT2D eigenvalue weighted by molar-refractivity contribution is -0.136. The normalized spacial score (nSPS) is 15.9. The summed E-state index contributed by atoms with van der Waals surface area (Å²) in [6.45, 7) is 5.05. The molecule has 2 N–H and O–H groups in total. The van der Waals surface area contributed by atoms with E-state index in [4.69, 9.17) is 4.74 Å². The largest absolute Gasteiger partial charge is 0.384 e. The zero-order chi connectivity index (χ0) is 15.8. The number of aromatic nitrogens is 1. The van der Waals surface area contributed by atoms with Crippen LogP contribution in [0.1, 0.15) is 36.4 Å². The smallest absolute Gasteiger partial charge is 0.228 e. The van der Waals surface area contributed by atoms with Gasteiger partial charge in [0, 0.05) is 24.7 Å². The Labute approximate surface area is 161 Å². The van der Waals surface area contributed by atoms with Gasteiger partial charge in [-0.1, -0.05) is 0 Å². The van der Waals surface area contributed by atoms with Crippen molar-refractivity contribution in [2.45, 2.75) is 39.0 Å². The summed E-state index contributed by atoms with van der Waals surface area (Å²) in [5, 5.41) is 9.69. The van der Waals surface area contributed by atoms with Crippen LogP contribution in [-0.4, -0.2) is 44.2 Å². The number of ether oxygens (including phenoxy) is 1. The Hall–Kier alpha value is -0.400. The molecular weight excluding hydrogens is 369 g/mol. The maximum atomic E-state index is 12.5. The average molecular weight is 398 g/mol. The van der Waals surface area contributed by atoms with Crippen molar-refractivity contribution >= 4 is 42.1 Å². The Kier molecular flexibility index (Phi) is 11.8. The van der Waals surface area contributed by atoms with Crippen LogP contribution in [0, 0.1) is 12.3 Å². The van der Waals surface area contributed by atoms with Crippen LogP contribution in [0.4, 0.5) is 0 Å². The van der Waals surface area contributed by atoms with Gasteiger partial charge >= 0.3 is 0 Å². The summed E-state index contributed by atoms with van der Waals surface area (Å²) in [7, 11) is 1.67. The number of halogens is 2. The first-order chi connectivity index (χ1) is 10.7. The van der Waals surface area contributed by atoms with Crippen LogP contribution in [0.15, 0.2) is 5.38 Å². The first-order valence-corrected chi connectivity index (χ1v) is 8.93. The summed E-state index contributed by atoms with van der Waals surface area (Å²) in [4.78, 5) is 17.0. The summed E-state index contributed by atoms with van der Waals surface area (Å²) in [5.74, 6) is 0.154. The molecule has 1 saturated heterocycles. The summed E-state index contributed by atoms with van der Waals surface area (Å²) >= 11 is 1.72. The number of nitrogens with zero attached hydrogens (tertiary/aromatic N) is 1. The van der Waals surface area contributed by atoms with Crippen LogP contribution in [0.3, 0.4) is 0 Å². The molecule has 1 aromatic heterocycles. The van der Waals surface area contributed by atoms with Crippen molar-refractivity contribution in [2.24, 2.45) is 5.41 Å². The van der Waals surface area contributed by atoms with Crippen LogP contribution in [0.25, 0.3) is 0 Å². The molecule has 1 fully saturated rings. The van der Waals surface area contributed by atoms with Gasteiger partial charge in [-0.2, -0.15) is 0 Å². The molecule has 140 valence electrons. The third kappa shape index (κ3) is 6.84. The van der Waals surface area contributed by atoms with Crippen LogP contribution < -0.4 is 10.6 Å². The second kappa shape index (κ2) is 12.0. The number of nitrogens with one attached hydrogen (secondary N) is 2. The molecule has 0 spiro atoms. The van der Waals surface area contributed by atoms with E-state index in [1.165, 1.54) is 5.01 Å². The summed E-state index contributed by atoms with van der Waals surface area (Å²) < 4.78 is 5.30. The van der Waals surface area contributed by atoms with E-state index in [1.54, 1.807) is 18.4 Å². The van der Waals surface area contributed by atoms with Gasteiger partial charge in [0.15, 0.2) is 0 Å². The van der Waals surface area contributed by atoms with Gasteiger partial charge in [0.05, 0.1) is 17.0 Å². The van der Waals surface area contributed by atoms with Crippen molar-refractivity contribution in [2.75, 3.05) is 33.4 Å². The monoisotopic (exact) mass is 397 g/mol. The molecule has 8 heteroatoms. The number of hydrogen-bond donors (Lipinski definition) is 2. The van der Waals surface area contributed by atoms with E-state index in [1.807, 2.05) is 6.92 Å². The maximum absolute atomic E-state index is 12.5. The van der Waals surface area contributed by atoms with E-state index in [2.05, 4.69) is 21.0 Å². The predicted octanol–water partition coefficient (Wildman–Crippen LogP) is 2.75. The number of aryl methyl sites for hydroxylation is 2. The molecule has 0 unspecified atom stereocenters. The quantitative estimate of drug-likeness (QED) is 0.661.